The zero-order valence-corrected chi connectivity index (χ0v) is 18.4. The van der Waals surface area contributed by atoms with Crippen LogP contribution in [0.1, 0.15) is 47.4 Å². The van der Waals surface area contributed by atoms with E-state index in [4.69, 9.17) is 0 Å². The molecule has 10 heteroatoms. The molecule has 0 saturated carbocycles. The Balaban J connectivity index is 1.93. The Labute approximate surface area is 189 Å². The number of esters is 1. The number of carbonyl (C=O) groups is 4. The van der Waals surface area contributed by atoms with Crippen LogP contribution in [-0.4, -0.2) is 52.7 Å². The second-order valence-corrected chi connectivity index (χ2v) is 7.60. The lowest BCUT2D eigenvalue weighted by Gasteiger charge is -2.33. The van der Waals surface area contributed by atoms with E-state index >= 15 is 0 Å². The Morgan fingerprint density at radius 1 is 1.18 bits per heavy atom. The van der Waals surface area contributed by atoms with Crippen LogP contribution in [0.4, 0.5) is 11.4 Å². The first-order valence-electron chi connectivity index (χ1n) is 10.3. The van der Waals surface area contributed by atoms with Gasteiger partial charge in [0.05, 0.1) is 29.7 Å². The predicted octanol–water partition coefficient (Wildman–Crippen LogP) is 2.95. The molecule has 172 valence electrons. The molecule has 0 aliphatic carbocycles. The normalized spacial score (nSPS) is 16.5. The van der Waals surface area contributed by atoms with Crippen LogP contribution >= 0.6 is 0 Å². The largest absolute Gasteiger partial charge is 0.465 e. The highest BCUT2D eigenvalue weighted by Gasteiger charge is 2.45. The third kappa shape index (κ3) is 4.59. The van der Waals surface area contributed by atoms with E-state index in [0.29, 0.717) is 6.42 Å². The summed E-state index contributed by atoms with van der Waals surface area (Å²) in [6, 6.07) is 9.61. The maximum atomic E-state index is 13.3. The summed E-state index contributed by atoms with van der Waals surface area (Å²) in [5, 5.41) is 11.1. The van der Waals surface area contributed by atoms with Gasteiger partial charge in [-0.05, 0) is 43.7 Å². The summed E-state index contributed by atoms with van der Waals surface area (Å²) in [7, 11) is 1.25. The van der Waals surface area contributed by atoms with Gasteiger partial charge in [-0.2, -0.15) is 0 Å². The molecular weight excluding hydrogens is 430 g/mol. The summed E-state index contributed by atoms with van der Waals surface area (Å²) in [5.41, 5.74) is 0.350. The van der Waals surface area contributed by atoms with Crippen LogP contribution in [0.25, 0.3) is 0 Å². The van der Waals surface area contributed by atoms with Crippen molar-refractivity contribution in [2.75, 3.05) is 12.0 Å². The SMILES string of the molecule is CCC(C)N(C(=O)c1cccc([N+](=O)[O-])c1)C1CC(=O)N(c2ccc(C(=O)OC)cc2)C1=O. The minimum absolute atomic E-state index is 0.0608. The van der Waals surface area contributed by atoms with Gasteiger partial charge in [0, 0.05) is 23.7 Å². The fourth-order valence-electron chi connectivity index (χ4n) is 3.72. The van der Waals surface area contributed by atoms with Crippen molar-refractivity contribution in [3.05, 3.63) is 69.8 Å². The maximum Gasteiger partial charge on any atom is 0.337 e. The van der Waals surface area contributed by atoms with Crippen molar-refractivity contribution in [1.82, 2.24) is 4.90 Å². The fourth-order valence-corrected chi connectivity index (χ4v) is 3.72. The average Bonchev–Trinajstić information content (AvgIpc) is 3.11. The topological polar surface area (TPSA) is 127 Å². The van der Waals surface area contributed by atoms with Crippen molar-refractivity contribution in [3.8, 4) is 0 Å². The van der Waals surface area contributed by atoms with Crippen molar-refractivity contribution < 1.29 is 28.8 Å². The van der Waals surface area contributed by atoms with E-state index < -0.39 is 40.7 Å². The van der Waals surface area contributed by atoms with Gasteiger partial charge in [-0.3, -0.25) is 24.5 Å². The van der Waals surface area contributed by atoms with E-state index in [9.17, 15) is 29.3 Å². The first kappa shape index (κ1) is 23.6. The van der Waals surface area contributed by atoms with E-state index in [0.717, 1.165) is 11.0 Å². The highest BCUT2D eigenvalue weighted by atomic mass is 16.6. The molecule has 0 spiro atoms. The van der Waals surface area contributed by atoms with Crippen LogP contribution in [0.3, 0.4) is 0 Å². The first-order chi connectivity index (χ1) is 15.7. The van der Waals surface area contributed by atoms with Crippen LogP contribution in [0, 0.1) is 10.1 Å². The maximum absolute atomic E-state index is 13.3. The Morgan fingerprint density at radius 3 is 2.42 bits per heavy atom. The van der Waals surface area contributed by atoms with Gasteiger partial charge in [-0.1, -0.05) is 13.0 Å². The van der Waals surface area contributed by atoms with E-state index in [-0.39, 0.29) is 28.9 Å². The summed E-state index contributed by atoms with van der Waals surface area (Å²) in [4.78, 5) is 63.8. The zero-order chi connectivity index (χ0) is 24.3. The van der Waals surface area contributed by atoms with E-state index in [2.05, 4.69) is 4.74 Å². The van der Waals surface area contributed by atoms with Gasteiger partial charge in [0.15, 0.2) is 0 Å². The average molecular weight is 453 g/mol. The summed E-state index contributed by atoms with van der Waals surface area (Å²) in [5.74, 6) is -2.19. The van der Waals surface area contributed by atoms with Crippen molar-refractivity contribution >= 4 is 35.1 Å². The lowest BCUT2D eigenvalue weighted by atomic mass is 10.1. The number of nitrogens with zero attached hydrogens (tertiary/aromatic N) is 3. The number of non-ortho nitro benzene ring substituents is 1. The number of rotatable bonds is 7. The molecule has 3 rings (SSSR count). The number of ether oxygens (including phenoxy) is 1. The van der Waals surface area contributed by atoms with Gasteiger partial charge in [0.25, 0.3) is 17.5 Å². The molecule has 1 saturated heterocycles. The molecule has 1 aliphatic heterocycles. The number of imide groups is 1. The Morgan fingerprint density at radius 2 is 1.85 bits per heavy atom. The van der Waals surface area contributed by atoms with Crippen LogP contribution in [-0.2, 0) is 14.3 Å². The molecule has 0 radical (unpaired) electrons. The number of methoxy groups -OCH3 is 1. The minimum Gasteiger partial charge on any atom is -0.465 e. The molecule has 2 unspecified atom stereocenters. The molecule has 2 atom stereocenters. The predicted molar refractivity (Wildman–Crippen MR) is 118 cm³/mol. The van der Waals surface area contributed by atoms with Gasteiger partial charge in [-0.25, -0.2) is 9.69 Å². The number of benzene rings is 2. The van der Waals surface area contributed by atoms with E-state index in [1.165, 1.54) is 54.5 Å². The zero-order valence-electron chi connectivity index (χ0n) is 18.4. The van der Waals surface area contributed by atoms with Crippen LogP contribution < -0.4 is 4.90 Å². The fraction of sp³-hybridized carbons (Fsp3) is 0.304. The smallest absolute Gasteiger partial charge is 0.337 e. The second-order valence-electron chi connectivity index (χ2n) is 7.60. The van der Waals surface area contributed by atoms with Crippen LogP contribution in [0.2, 0.25) is 0 Å². The van der Waals surface area contributed by atoms with Crippen molar-refractivity contribution in [2.45, 2.75) is 38.8 Å². The standard InChI is InChI=1S/C23H23N3O7/c1-4-14(2)24(21(28)16-6-5-7-18(12-16)26(31)32)19-13-20(27)25(22(19)29)17-10-8-15(9-11-17)23(30)33-3/h5-12,14,19H,4,13H2,1-3H3. The second kappa shape index (κ2) is 9.60. The molecule has 1 aliphatic rings. The number of nitro benzene ring substituents is 1. The number of hydrogen-bond acceptors (Lipinski definition) is 7. The highest BCUT2D eigenvalue weighted by Crippen LogP contribution is 2.29. The van der Waals surface area contributed by atoms with Crippen molar-refractivity contribution in [2.24, 2.45) is 0 Å². The van der Waals surface area contributed by atoms with Crippen molar-refractivity contribution in [1.29, 1.82) is 0 Å². The molecule has 1 heterocycles. The van der Waals surface area contributed by atoms with Gasteiger partial charge in [0.2, 0.25) is 5.91 Å². The molecule has 0 bridgehead atoms. The summed E-state index contributed by atoms with van der Waals surface area (Å²) < 4.78 is 4.65. The number of amides is 3. The number of nitro groups is 1. The van der Waals surface area contributed by atoms with Gasteiger partial charge in [0.1, 0.15) is 6.04 Å². The third-order valence-corrected chi connectivity index (χ3v) is 5.61. The quantitative estimate of drug-likeness (QED) is 0.273. The molecular formula is C23H23N3O7. The van der Waals surface area contributed by atoms with Gasteiger partial charge < -0.3 is 9.64 Å². The van der Waals surface area contributed by atoms with Gasteiger partial charge >= 0.3 is 5.97 Å². The van der Waals surface area contributed by atoms with Crippen LogP contribution in [0.15, 0.2) is 48.5 Å². The number of carbonyl (C=O) groups excluding carboxylic acids is 4. The third-order valence-electron chi connectivity index (χ3n) is 5.61. The summed E-state index contributed by atoms with van der Waals surface area (Å²) in [6.45, 7) is 3.59. The van der Waals surface area contributed by atoms with Crippen LogP contribution in [0.5, 0.6) is 0 Å². The molecule has 0 aromatic heterocycles. The lowest BCUT2D eigenvalue weighted by Crippen LogP contribution is -2.49. The molecule has 33 heavy (non-hydrogen) atoms. The minimum atomic E-state index is -1.06. The Bertz CT molecular complexity index is 1110. The lowest BCUT2D eigenvalue weighted by molar-refractivity contribution is -0.384. The number of hydrogen-bond donors (Lipinski definition) is 0. The summed E-state index contributed by atoms with van der Waals surface area (Å²) in [6.07, 6.45) is 0.287. The number of anilines is 1. The van der Waals surface area contributed by atoms with Crippen molar-refractivity contribution in [3.63, 3.8) is 0 Å². The molecule has 0 N–H and O–H groups in total. The highest BCUT2D eigenvalue weighted by molar-refractivity contribution is 6.23. The molecule has 2 aromatic carbocycles. The molecule has 10 nitrogen and oxygen atoms in total. The molecule has 2 aromatic rings. The summed E-state index contributed by atoms with van der Waals surface area (Å²) >= 11 is 0. The first-order valence-corrected chi connectivity index (χ1v) is 10.3. The Kier molecular flexibility index (Phi) is 6.86. The monoisotopic (exact) mass is 453 g/mol. The van der Waals surface area contributed by atoms with E-state index in [1.807, 2.05) is 6.92 Å². The van der Waals surface area contributed by atoms with Gasteiger partial charge in [-0.15, -0.1) is 0 Å². The van der Waals surface area contributed by atoms with E-state index in [1.54, 1.807) is 6.92 Å². The molecule has 3 amide bonds. The Hall–Kier alpha value is -4.08. The molecule has 1 fully saturated rings.